The molecule has 26 heavy (non-hydrogen) atoms. The molecule has 0 saturated heterocycles. The molecule has 0 bridgehead atoms. The highest BCUT2D eigenvalue weighted by molar-refractivity contribution is 7.89. The first-order chi connectivity index (χ1) is 12.3. The number of halogens is 2. The highest BCUT2D eigenvalue weighted by Gasteiger charge is 2.25. The van der Waals surface area contributed by atoms with Gasteiger partial charge in [-0.2, -0.15) is 0 Å². The lowest BCUT2D eigenvalue weighted by molar-refractivity contribution is -0.138. The zero-order valence-corrected chi connectivity index (χ0v) is 16.0. The van der Waals surface area contributed by atoms with Crippen LogP contribution in [0.25, 0.3) is 0 Å². The smallest absolute Gasteiger partial charge is 0.312 e. The van der Waals surface area contributed by atoms with Gasteiger partial charge in [0, 0.05) is 6.54 Å². The summed E-state index contributed by atoms with van der Waals surface area (Å²) in [6.07, 6.45) is 2.97. The maximum atomic E-state index is 12.4. The van der Waals surface area contributed by atoms with Crippen LogP contribution in [0.15, 0.2) is 41.3 Å². The maximum Gasteiger partial charge on any atom is 0.312 e. The van der Waals surface area contributed by atoms with Gasteiger partial charge in [-0.15, -0.1) is 0 Å². The van der Waals surface area contributed by atoms with Gasteiger partial charge in [0.1, 0.15) is 0 Å². The van der Waals surface area contributed by atoms with Crippen LogP contribution in [-0.2, 0) is 27.7 Å². The first-order valence-electron chi connectivity index (χ1n) is 8.07. The number of nitrogens with one attached hydrogen (secondary N) is 1. The fraction of sp³-hybridized carbons (Fsp3) is 0.278. The minimum atomic E-state index is -3.90. The predicted molar refractivity (Wildman–Crippen MR) is 100 cm³/mol. The Hall–Kier alpha value is -1.60. The number of aryl methyl sites for hydroxylation is 2. The van der Waals surface area contributed by atoms with E-state index in [4.69, 9.17) is 23.2 Å². The van der Waals surface area contributed by atoms with Gasteiger partial charge < -0.3 is 5.11 Å². The van der Waals surface area contributed by atoms with Crippen molar-refractivity contribution in [1.29, 1.82) is 0 Å². The molecular formula is C18H17Cl2NO4S. The molecule has 0 saturated carbocycles. The van der Waals surface area contributed by atoms with Crippen LogP contribution in [-0.4, -0.2) is 26.0 Å². The third-order valence-electron chi connectivity index (χ3n) is 4.50. The van der Waals surface area contributed by atoms with E-state index in [9.17, 15) is 18.3 Å². The molecule has 0 spiro atoms. The standard InChI is InChI=1S/C18H17Cl2NO4S/c19-16-7-6-14(9-17(16)20)26(24,25)21-10-15(18(22)23)13-5-4-11-2-1-3-12(11)8-13/h4-9,15,21H,1-3,10H2,(H,22,23). The summed E-state index contributed by atoms with van der Waals surface area (Å²) in [4.78, 5) is 11.6. The van der Waals surface area contributed by atoms with Crippen molar-refractivity contribution in [3.63, 3.8) is 0 Å². The molecule has 0 amide bonds. The molecule has 1 aliphatic rings. The molecule has 0 radical (unpaired) electrons. The summed E-state index contributed by atoms with van der Waals surface area (Å²) >= 11 is 11.7. The number of rotatable bonds is 6. The average molecular weight is 414 g/mol. The molecule has 0 fully saturated rings. The molecule has 0 aromatic heterocycles. The summed E-state index contributed by atoms with van der Waals surface area (Å²) in [5, 5.41) is 9.91. The highest BCUT2D eigenvalue weighted by Crippen LogP contribution is 2.27. The second kappa shape index (κ2) is 7.56. The lowest BCUT2D eigenvalue weighted by Gasteiger charge is -2.15. The second-order valence-corrected chi connectivity index (χ2v) is 8.78. The van der Waals surface area contributed by atoms with Gasteiger partial charge >= 0.3 is 5.97 Å². The molecule has 1 atom stereocenters. The van der Waals surface area contributed by atoms with Crippen molar-refractivity contribution in [2.75, 3.05) is 6.54 Å². The van der Waals surface area contributed by atoms with E-state index in [1.54, 1.807) is 6.07 Å². The Morgan fingerprint density at radius 3 is 2.50 bits per heavy atom. The molecule has 1 aliphatic carbocycles. The molecule has 0 aliphatic heterocycles. The Labute approximate surface area is 162 Å². The third-order valence-corrected chi connectivity index (χ3v) is 6.66. The minimum absolute atomic E-state index is 0.0648. The van der Waals surface area contributed by atoms with E-state index in [0.29, 0.717) is 5.56 Å². The number of benzene rings is 2. The van der Waals surface area contributed by atoms with E-state index in [-0.39, 0.29) is 21.5 Å². The van der Waals surface area contributed by atoms with Gasteiger partial charge in [0.05, 0.1) is 20.9 Å². The fourth-order valence-electron chi connectivity index (χ4n) is 3.08. The van der Waals surface area contributed by atoms with Gasteiger partial charge in [0.2, 0.25) is 10.0 Å². The molecule has 0 heterocycles. The normalized spacial score (nSPS) is 14.8. The van der Waals surface area contributed by atoms with Crippen LogP contribution in [0.1, 0.15) is 29.0 Å². The molecular weight excluding hydrogens is 397 g/mol. The lowest BCUT2D eigenvalue weighted by Crippen LogP contribution is -2.31. The van der Waals surface area contributed by atoms with E-state index in [1.807, 2.05) is 12.1 Å². The minimum Gasteiger partial charge on any atom is -0.481 e. The number of aliphatic carboxylic acids is 1. The number of hydrogen-bond acceptors (Lipinski definition) is 3. The number of carbonyl (C=O) groups is 1. The van der Waals surface area contributed by atoms with Crippen molar-refractivity contribution in [2.45, 2.75) is 30.1 Å². The predicted octanol–water partition coefficient (Wildman–Crippen LogP) is 3.63. The molecule has 5 nitrogen and oxygen atoms in total. The largest absolute Gasteiger partial charge is 0.481 e. The lowest BCUT2D eigenvalue weighted by atomic mass is 9.96. The van der Waals surface area contributed by atoms with Crippen LogP contribution < -0.4 is 4.72 Å². The Kier molecular flexibility index (Phi) is 5.58. The molecule has 2 N–H and O–H groups in total. The fourth-order valence-corrected chi connectivity index (χ4v) is 4.51. The SMILES string of the molecule is O=C(O)C(CNS(=O)(=O)c1ccc(Cl)c(Cl)c1)c1ccc2c(c1)CCC2. The molecule has 8 heteroatoms. The van der Waals surface area contributed by atoms with Gasteiger partial charge in [-0.1, -0.05) is 41.4 Å². The van der Waals surface area contributed by atoms with E-state index in [2.05, 4.69) is 4.72 Å². The Bertz CT molecular complexity index is 960. The van der Waals surface area contributed by atoms with E-state index in [1.165, 1.54) is 23.8 Å². The van der Waals surface area contributed by atoms with Crippen LogP contribution in [0.3, 0.4) is 0 Å². The number of fused-ring (bicyclic) bond motifs is 1. The number of hydrogen-bond donors (Lipinski definition) is 2. The van der Waals surface area contributed by atoms with Crippen LogP contribution in [0, 0.1) is 0 Å². The Morgan fingerprint density at radius 2 is 1.81 bits per heavy atom. The van der Waals surface area contributed by atoms with Crippen LogP contribution >= 0.6 is 23.2 Å². The van der Waals surface area contributed by atoms with Gasteiger partial charge in [-0.3, -0.25) is 4.79 Å². The molecule has 1 unspecified atom stereocenters. The van der Waals surface area contributed by atoms with Crippen LogP contribution in [0.4, 0.5) is 0 Å². The summed E-state index contributed by atoms with van der Waals surface area (Å²) in [5.74, 6) is -2.06. The topological polar surface area (TPSA) is 83.5 Å². The number of carboxylic acid groups (broad SMARTS) is 1. The zero-order chi connectivity index (χ0) is 18.9. The van der Waals surface area contributed by atoms with E-state index in [0.717, 1.165) is 24.8 Å². The second-order valence-electron chi connectivity index (χ2n) is 6.20. The first-order valence-corrected chi connectivity index (χ1v) is 10.3. The summed E-state index contributed by atoms with van der Waals surface area (Å²) in [7, 11) is -3.90. The first kappa shape index (κ1) is 19.2. The summed E-state index contributed by atoms with van der Waals surface area (Å²) < 4.78 is 27.2. The highest BCUT2D eigenvalue weighted by atomic mass is 35.5. The summed E-state index contributed by atoms with van der Waals surface area (Å²) in [5.41, 5.74) is 2.96. The van der Waals surface area contributed by atoms with Crippen molar-refractivity contribution in [3.05, 3.63) is 63.1 Å². The van der Waals surface area contributed by atoms with Crippen molar-refractivity contribution in [1.82, 2.24) is 4.72 Å². The van der Waals surface area contributed by atoms with Crippen molar-refractivity contribution in [3.8, 4) is 0 Å². The summed E-state index contributed by atoms with van der Waals surface area (Å²) in [6.45, 7) is -0.253. The van der Waals surface area contributed by atoms with Crippen molar-refractivity contribution >= 4 is 39.2 Å². The zero-order valence-electron chi connectivity index (χ0n) is 13.7. The van der Waals surface area contributed by atoms with Crippen LogP contribution in [0.5, 0.6) is 0 Å². The van der Waals surface area contributed by atoms with Crippen molar-refractivity contribution < 1.29 is 18.3 Å². The van der Waals surface area contributed by atoms with Crippen molar-refractivity contribution in [2.24, 2.45) is 0 Å². The maximum absolute atomic E-state index is 12.4. The Balaban J connectivity index is 1.80. The number of sulfonamides is 1. The van der Waals surface area contributed by atoms with E-state index >= 15 is 0 Å². The molecule has 2 aromatic rings. The van der Waals surface area contributed by atoms with Gasteiger partial charge in [0.25, 0.3) is 0 Å². The van der Waals surface area contributed by atoms with Gasteiger partial charge in [-0.05, 0) is 54.2 Å². The van der Waals surface area contributed by atoms with Crippen LogP contribution in [0.2, 0.25) is 10.0 Å². The quantitative estimate of drug-likeness (QED) is 0.756. The van der Waals surface area contributed by atoms with Gasteiger partial charge in [-0.25, -0.2) is 13.1 Å². The monoisotopic (exact) mass is 413 g/mol. The molecule has 138 valence electrons. The summed E-state index contributed by atoms with van der Waals surface area (Å²) in [6, 6.07) is 9.50. The van der Waals surface area contributed by atoms with Gasteiger partial charge in [0.15, 0.2) is 0 Å². The third kappa shape index (κ3) is 4.04. The molecule has 3 rings (SSSR count). The molecule has 2 aromatic carbocycles. The number of carboxylic acids is 1. The van der Waals surface area contributed by atoms with E-state index < -0.39 is 21.9 Å². The Morgan fingerprint density at radius 1 is 1.08 bits per heavy atom. The average Bonchev–Trinajstić information content (AvgIpc) is 3.04.